The van der Waals surface area contributed by atoms with Crippen molar-refractivity contribution >= 4 is 28.3 Å². The lowest BCUT2D eigenvalue weighted by Gasteiger charge is -2.36. The first-order valence-corrected chi connectivity index (χ1v) is 8.84. The Labute approximate surface area is 148 Å². The molecule has 9 nitrogen and oxygen atoms in total. The number of nitrogens with zero attached hydrogens (tertiary/aromatic N) is 4. The molecule has 3 rings (SSSR count). The second-order valence-electron chi connectivity index (χ2n) is 5.74. The third kappa shape index (κ3) is 4.60. The number of aryl methyl sites for hydroxylation is 1. The molecule has 1 saturated heterocycles. The van der Waals surface area contributed by atoms with E-state index in [4.69, 9.17) is 9.26 Å². The first-order valence-electron chi connectivity index (χ1n) is 7.96. The zero-order valence-corrected chi connectivity index (χ0v) is 14.8. The van der Waals surface area contributed by atoms with Crippen LogP contribution in [0.25, 0.3) is 0 Å². The molecule has 0 spiro atoms. The van der Waals surface area contributed by atoms with Gasteiger partial charge < -0.3 is 14.6 Å². The SMILES string of the molecule is CCOC(=O)Cc1csc(NC(=O)CN2CC(c3nc(C)no3)C2)n1. The van der Waals surface area contributed by atoms with Gasteiger partial charge in [0, 0.05) is 18.5 Å². The van der Waals surface area contributed by atoms with Crippen LogP contribution >= 0.6 is 11.3 Å². The molecule has 0 atom stereocenters. The molecule has 0 aromatic carbocycles. The molecule has 0 aliphatic carbocycles. The van der Waals surface area contributed by atoms with E-state index in [0.717, 1.165) is 0 Å². The number of likely N-dealkylation sites (tertiary alicyclic amines) is 1. The molecule has 0 unspecified atom stereocenters. The number of amides is 1. The number of thiazole rings is 1. The molecule has 3 heterocycles. The van der Waals surface area contributed by atoms with Crippen LogP contribution in [0.2, 0.25) is 0 Å². The molecule has 1 fully saturated rings. The van der Waals surface area contributed by atoms with Crippen molar-refractivity contribution in [2.75, 3.05) is 31.6 Å². The van der Waals surface area contributed by atoms with Gasteiger partial charge in [-0.05, 0) is 13.8 Å². The Balaban J connectivity index is 1.41. The van der Waals surface area contributed by atoms with Crippen LogP contribution in [0.15, 0.2) is 9.90 Å². The van der Waals surface area contributed by atoms with Crippen molar-refractivity contribution < 1.29 is 18.8 Å². The molecule has 1 aliphatic heterocycles. The summed E-state index contributed by atoms with van der Waals surface area (Å²) in [4.78, 5) is 33.9. The van der Waals surface area contributed by atoms with Gasteiger partial charge in [0.25, 0.3) is 0 Å². The van der Waals surface area contributed by atoms with Crippen LogP contribution in [0, 0.1) is 6.92 Å². The molecule has 2 aromatic heterocycles. The van der Waals surface area contributed by atoms with Gasteiger partial charge in [0.2, 0.25) is 11.8 Å². The van der Waals surface area contributed by atoms with E-state index < -0.39 is 0 Å². The molecular weight excluding hydrogens is 346 g/mol. The maximum Gasteiger partial charge on any atom is 0.311 e. The predicted octanol–water partition coefficient (Wildman–Crippen LogP) is 0.978. The highest BCUT2D eigenvalue weighted by atomic mass is 32.1. The van der Waals surface area contributed by atoms with Crippen molar-refractivity contribution in [2.45, 2.75) is 26.2 Å². The summed E-state index contributed by atoms with van der Waals surface area (Å²) >= 11 is 1.29. The van der Waals surface area contributed by atoms with Crippen molar-refractivity contribution in [3.05, 3.63) is 22.8 Å². The molecular formula is C15H19N5O4S. The highest BCUT2D eigenvalue weighted by Crippen LogP contribution is 2.25. The summed E-state index contributed by atoms with van der Waals surface area (Å²) in [5, 5.41) is 8.74. The van der Waals surface area contributed by atoms with Gasteiger partial charge in [0.05, 0.1) is 31.2 Å². The minimum Gasteiger partial charge on any atom is -0.466 e. The maximum absolute atomic E-state index is 12.1. The highest BCUT2D eigenvalue weighted by Gasteiger charge is 2.33. The smallest absolute Gasteiger partial charge is 0.311 e. The summed E-state index contributed by atoms with van der Waals surface area (Å²) in [6.07, 6.45) is 0.109. The van der Waals surface area contributed by atoms with E-state index in [1.165, 1.54) is 11.3 Å². The molecule has 0 radical (unpaired) electrons. The number of hydrogen-bond donors (Lipinski definition) is 1. The zero-order valence-electron chi connectivity index (χ0n) is 14.0. The normalized spacial score (nSPS) is 15.0. The number of anilines is 1. The largest absolute Gasteiger partial charge is 0.466 e. The van der Waals surface area contributed by atoms with Gasteiger partial charge in [-0.25, -0.2) is 4.98 Å². The summed E-state index contributed by atoms with van der Waals surface area (Å²) in [5.74, 6) is 0.960. The number of nitrogens with one attached hydrogen (secondary N) is 1. The fourth-order valence-electron chi connectivity index (χ4n) is 2.50. The second kappa shape index (κ2) is 7.70. The number of ether oxygens (including phenoxy) is 1. The quantitative estimate of drug-likeness (QED) is 0.723. The number of carbonyl (C=O) groups excluding carboxylic acids is 2. The molecule has 0 bridgehead atoms. The maximum atomic E-state index is 12.1. The lowest BCUT2D eigenvalue weighted by atomic mass is 10.0. The summed E-state index contributed by atoms with van der Waals surface area (Å²) in [7, 11) is 0. The van der Waals surface area contributed by atoms with E-state index in [1.54, 1.807) is 19.2 Å². The fraction of sp³-hybridized carbons (Fsp3) is 0.533. The molecule has 2 aromatic rings. The van der Waals surface area contributed by atoms with Gasteiger partial charge in [-0.3, -0.25) is 14.5 Å². The van der Waals surface area contributed by atoms with Crippen molar-refractivity contribution in [2.24, 2.45) is 0 Å². The monoisotopic (exact) mass is 365 g/mol. The topological polar surface area (TPSA) is 110 Å². The van der Waals surface area contributed by atoms with Crippen LogP contribution in [0.4, 0.5) is 5.13 Å². The summed E-state index contributed by atoms with van der Waals surface area (Å²) < 4.78 is 10.0. The van der Waals surface area contributed by atoms with Crippen LogP contribution < -0.4 is 5.32 Å². The van der Waals surface area contributed by atoms with Gasteiger partial charge in [0.1, 0.15) is 0 Å². The van der Waals surface area contributed by atoms with Crippen molar-refractivity contribution in [3.8, 4) is 0 Å². The lowest BCUT2D eigenvalue weighted by molar-refractivity contribution is -0.142. The number of rotatable bonds is 7. The van der Waals surface area contributed by atoms with Crippen LogP contribution in [0.1, 0.15) is 30.3 Å². The van der Waals surface area contributed by atoms with Gasteiger partial charge in [-0.1, -0.05) is 5.16 Å². The van der Waals surface area contributed by atoms with Crippen LogP contribution in [0.5, 0.6) is 0 Å². The zero-order chi connectivity index (χ0) is 17.8. The molecule has 1 amide bonds. The van der Waals surface area contributed by atoms with E-state index in [2.05, 4.69) is 20.4 Å². The highest BCUT2D eigenvalue weighted by molar-refractivity contribution is 7.13. The van der Waals surface area contributed by atoms with E-state index in [1.807, 2.05) is 4.90 Å². The van der Waals surface area contributed by atoms with Gasteiger partial charge in [-0.15, -0.1) is 11.3 Å². The number of aromatic nitrogens is 3. The van der Waals surface area contributed by atoms with Crippen LogP contribution in [-0.4, -0.2) is 58.1 Å². The fourth-order valence-corrected chi connectivity index (χ4v) is 3.23. The van der Waals surface area contributed by atoms with Gasteiger partial charge in [-0.2, -0.15) is 4.98 Å². The van der Waals surface area contributed by atoms with Gasteiger partial charge in [0.15, 0.2) is 11.0 Å². The first kappa shape index (κ1) is 17.5. The van der Waals surface area contributed by atoms with E-state index in [0.29, 0.717) is 42.2 Å². The first-order chi connectivity index (χ1) is 12.0. The third-order valence-corrected chi connectivity index (χ3v) is 4.45. The summed E-state index contributed by atoms with van der Waals surface area (Å²) in [6, 6.07) is 0. The Hall–Kier alpha value is -2.33. The van der Waals surface area contributed by atoms with Crippen molar-refractivity contribution in [3.63, 3.8) is 0 Å². The molecule has 134 valence electrons. The minimum atomic E-state index is -0.325. The van der Waals surface area contributed by atoms with Crippen molar-refractivity contribution in [1.29, 1.82) is 0 Å². The Morgan fingerprint density at radius 2 is 2.24 bits per heavy atom. The Morgan fingerprint density at radius 1 is 1.44 bits per heavy atom. The lowest BCUT2D eigenvalue weighted by Crippen LogP contribution is -2.48. The second-order valence-corrected chi connectivity index (χ2v) is 6.60. The van der Waals surface area contributed by atoms with Gasteiger partial charge >= 0.3 is 5.97 Å². The molecule has 0 saturated carbocycles. The predicted molar refractivity (Wildman–Crippen MR) is 89.3 cm³/mol. The summed E-state index contributed by atoms with van der Waals surface area (Å²) in [6.45, 7) is 5.57. The van der Waals surface area contributed by atoms with E-state index in [9.17, 15) is 9.59 Å². The average molecular weight is 365 g/mol. The molecule has 25 heavy (non-hydrogen) atoms. The summed E-state index contributed by atoms with van der Waals surface area (Å²) in [5.41, 5.74) is 0.592. The third-order valence-electron chi connectivity index (χ3n) is 3.65. The Bertz CT molecular complexity index is 753. The number of carbonyl (C=O) groups is 2. The minimum absolute atomic E-state index is 0.109. The standard InChI is InChI=1S/C15H19N5O4S/c1-3-23-13(22)4-11-8-25-15(17-11)18-12(21)7-20-5-10(6-20)14-16-9(2)19-24-14/h8,10H,3-7H2,1-2H3,(H,17,18,21). The number of hydrogen-bond acceptors (Lipinski definition) is 9. The van der Waals surface area contributed by atoms with E-state index in [-0.39, 0.29) is 30.8 Å². The molecule has 1 N–H and O–H groups in total. The Morgan fingerprint density at radius 3 is 2.92 bits per heavy atom. The van der Waals surface area contributed by atoms with E-state index >= 15 is 0 Å². The molecule has 1 aliphatic rings. The van der Waals surface area contributed by atoms with Crippen molar-refractivity contribution in [1.82, 2.24) is 20.0 Å². The number of esters is 1. The molecule has 10 heteroatoms. The van der Waals surface area contributed by atoms with Crippen LogP contribution in [-0.2, 0) is 20.7 Å². The van der Waals surface area contributed by atoms with Crippen LogP contribution in [0.3, 0.4) is 0 Å². The average Bonchev–Trinajstić information content (AvgIpc) is 3.12. The Kier molecular flexibility index (Phi) is 5.39.